The number of aromatic amines is 1. The van der Waals surface area contributed by atoms with Crippen molar-refractivity contribution in [1.29, 1.82) is 0 Å². The smallest absolute Gasteiger partial charge is 0.340 e. The van der Waals surface area contributed by atoms with E-state index >= 15 is 0 Å². The summed E-state index contributed by atoms with van der Waals surface area (Å²) in [5.74, 6) is -1.42. The van der Waals surface area contributed by atoms with Gasteiger partial charge in [-0.05, 0) is 57.4 Å². The molecular weight excluding hydrogens is 410 g/mol. The quantitative estimate of drug-likeness (QED) is 0.472. The summed E-state index contributed by atoms with van der Waals surface area (Å²) in [6, 6.07) is 3.77. The number of nitrogens with one attached hydrogen (secondary N) is 2. The van der Waals surface area contributed by atoms with E-state index in [2.05, 4.69) is 10.3 Å². The summed E-state index contributed by atoms with van der Waals surface area (Å²) in [5, 5.41) is 12.7. The van der Waals surface area contributed by atoms with Crippen molar-refractivity contribution < 1.29 is 27.9 Å². The number of amides is 1. The summed E-state index contributed by atoms with van der Waals surface area (Å²) in [5.41, 5.74) is 1.25. The number of phenols is 1. The van der Waals surface area contributed by atoms with Crippen LogP contribution in [0.4, 0.5) is 5.69 Å². The van der Waals surface area contributed by atoms with E-state index in [1.807, 2.05) is 0 Å². The topological polar surface area (TPSA) is 129 Å². The van der Waals surface area contributed by atoms with Crippen LogP contribution in [0.1, 0.15) is 51.9 Å². The molecule has 10 heteroatoms. The number of phenolic OH excluding ortho intramolecular Hbond substituents is 1. The van der Waals surface area contributed by atoms with Crippen molar-refractivity contribution in [2.45, 2.75) is 38.5 Å². The maximum absolute atomic E-state index is 12.8. The van der Waals surface area contributed by atoms with Crippen LogP contribution in [-0.2, 0) is 14.8 Å². The summed E-state index contributed by atoms with van der Waals surface area (Å²) in [6.45, 7) is 6.05. The van der Waals surface area contributed by atoms with Crippen molar-refractivity contribution in [3.63, 3.8) is 0 Å². The minimum absolute atomic E-state index is 0.0101. The van der Waals surface area contributed by atoms with Gasteiger partial charge in [0.25, 0.3) is 5.91 Å². The Balaban J connectivity index is 1.89. The molecule has 0 aliphatic carbocycles. The molecule has 0 unspecified atom stereocenters. The number of aromatic hydroxyl groups is 1. The first-order valence-corrected chi connectivity index (χ1v) is 11.1. The van der Waals surface area contributed by atoms with Gasteiger partial charge in [-0.2, -0.15) is 4.31 Å². The number of ether oxygens (including phenoxy) is 1. The first-order valence-electron chi connectivity index (χ1n) is 9.67. The van der Waals surface area contributed by atoms with Gasteiger partial charge >= 0.3 is 5.97 Å². The van der Waals surface area contributed by atoms with Gasteiger partial charge in [-0.25, -0.2) is 13.2 Å². The molecule has 0 radical (unpaired) electrons. The molecule has 0 spiro atoms. The zero-order valence-electron chi connectivity index (χ0n) is 17.1. The van der Waals surface area contributed by atoms with E-state index in [4.69, 9.17) is 4.74 Å². The number of aryl methyl sites for hydroxylation is 1. The van der Waals surface area contributed by atoms with E-state index in [0.717, 1.165) is 12.8 Å². The van der Waals surface area contributed by atoms with Crippen LogP contribution in [0.25, 0.3) is 0 Å². The van der Waals surface area contributed by atoms with Gasteiger partial charge in [-0.15, -0.1) is 0 Å². The number of aromatic nitrogens is 1. The molecule has 1 aromatic heterocycles. The van der Waals surface area contributed by atoms with Crippen LogP contribution in [0.5, 0.6) is 5.75 Å². The first kappa shape index (κ1) is 21.8. The number of benzene rings is 1. The second kappa shape index (κ2) is 8.49. The molecule has 3 rings (SSSR count). The Hall–Kier alpha value is -2.85. The average molecular weight is 436 g/mol. The van der Waals surface area contributed by atoms with Crippen LogP contribution >= 0.6 is 0 Å². The zero-order chi connectivity index (χ0) is 22.1. The minimum atomic E-state index is -3.70. The molecule has 1 fully saturated rings. The molecule has 30 heavy (non-hydrogen) atoms. The van der Waals surface area contributed by atoms with Gasteiger partial charge in [0.2, 0.25) is 10.0 Å². The van der Waals surface area contributed by atoms with Crippen molar-refractivity contribution >= 4 is 27.6 Å². The predicted molar refractivity (Wildman–Crippen MR) is 110 cm³/mol. The summed E-state index contributed by atoms with van der Waals surface area (Å²) < 4.78 is 31.9. The largest absolute Gasteiger partial charge is 0.506 e. The summed E-state index contributed by atoms with van der Waals surface area (Å²) in [7, 11) is -3.70. The van der Waals surface area contributed by atoms with Gasteiger partial charge in [0.15, 0.2) is 0 Å². The lowest BCUT2D eigenvalue weighted by Gasteiger charge is -2.16. The molecule has 3 N–H and O–H groups in total. The highest BCUT2D eigenvalue weighted by molar-refractivity contribution is 7.89. The average Bonchev–Trinajstić information content (AvgIpc) is 3.32. The highest BCUT2D eigenvalue weighted by Crippen LogP contribution is 2.30. The number of H-pyrrole nitrogens is 1. The number of anilines is 1. The fourth-order valence-corrected chi connectivity index (χ4v) is 5.07. The number of carbonyl (C=O) groups excluding carboxylic acids is 2. The number of sulfonamides is 1. The molecule has 1 amide bonds. The Labute approximate surface area is 175 Å². The Morgan fingerprint density at radius 2 is 1.90 bits per heavy atom. The van der Waals surface area contributed by atoms with Crippen LogP contribution in [0.15, 0.2) is 23.1 Å². The number of esters is 1. The molecular formula is C20H25N3O6S. The van der Waals surface area contributed by atoms with Gasteiger partial charge in [-0.3, -0.25) is 4.79 Å². The molecule has 1 aromatic carbocycles. The van der Waals surface area contributed by atoms with Crippen LogP contribution in [0, 0.1) is 13.8 Å². The Morgan fingerprint density at radius 1 is 1.23 bits per heavy atom. The van der Waals surface area contributed by atoms with Gasteiger partial charge in [0.1, 0.15) is 11.4 Å². The van der Waals surface area contributed by atoms with Crippen LogP contribution in [0.3, 0.4) is 0 Å². The monoisotopic (exact) mass is 435 g/mol. The third-order valence-electron chi connectivity index (χ3n) is 5.06. The molecule has 9 nitrogen and oxygen atoms in total. The van der Waals surface area contributed by atoms with Crippen molar-refractivity contribution in [3.05, 3.63) is 40.7 Å². The molecule has 1 aliphatic heterocycles. The molecule has 0 saturated carbocycles. The minimum Gasteiger partial charge on any atom is -0.506 e. The lowest BCUT2D eigenvalue weighted by atomic mass is 10.1. The van der Waals surface area contributed by atoms with Gasteiger partial charge in [0, 0.05) is 18.8 Å². The van der Waals surface area contributed by atoms with Gasteiger partial charge < -0.3 is 20.1 Å². The first-order chi connectivity index (χ1) is 14.2. The fourth-order valence-electron chi connectivity index (χ4n) is 3.52. The number of carbonyl (C=O) groups is 2. The SMILES string of the molecule is CCOC(=O)c1c(C)[nH]c(C(=O)Nc2cc(S(=O)(=O)N3CCCC3)ccc2O)c1C. The van der Waals surface area contributed by atoms with Crippen LogP contribution in [-0.4, -0.2) is 54.4 Å². The van der Waals surface area contributed by atoms with Crippen molar-refractivity contribution in [1.82, 2.24) is 9.29 Å². The van der Waals surface area contributed by atoms with Crippen molar-refractivity contribution in [3.8, 4) is 5.75 Å². The van der Waals surface area contributed by atoms with Gasteiger partial charge in [0.05, 0.1) is 22.8 Å². The van der Waals surface area contributed by atoms with Gasteiger partial charge in [-0.1, -0.05) is 0 Å². The second-order valence-corrected chi connectivity index (χ2v) is 9.03. The summed E-state index contributed by atoms with van der Waals surface area (Å²) in [6.07, 6.45) is 1.60. The third kappa shape index (κ3) is 4.05. The highest BCUT2D eigenvalue weighted by Gasteiger charge is 2.28. The molecule has 2 heterocycles. The Bertz CT molecular complexity index is 1080. The number of rotatable bonds is 6. The molecule has 0 bridgehead atoms. The van der Waals surface area contributed by atoms with Crippen LogP contribution < -0.4 is 5.32 Å². The van der Waals surface area contributed by atoms with Crippen LogP contribution in [0.2, 0.25) is 0 Å². The molecule has 2 aromatic rings. The van der Waals surface area contributed by atoms with Crippen molar-refractivity contribution in [2.24, 2.45) is 0 Å². The molecule has 1 aliphatic rings. The summed E-state index contributed by atoms with van der Waals surface area (Å²) >= 11 is 0. The van der Waals surface area contributed by atoms with E-state index in [1.165, 1.54) is 22.5 Å². The van der Waals surface area contributed by atoms with Crippen molar-refractivity contribution in [2.75, 3.05) is 25.0 Å². The van der Waals surface area contributed by atoms with E-state index in [9.17, 15) is 23.1 Å². The fraction of sp³-hybridized carbons (Fsp3) is 0.400. The number of hydrogen-bond donors (Lipinski definition) is 3. The lowest BCUT2D eigenvalue weighted by molar-refractivity contribution is 0.0525. The maximum Gasteiger partial charge on any atom is 0.340 e. The molecule has 1 saturated heterocycles. The van der Waals surface area contributed by atoms with E-state index in [0.29, 0.717) is 24.3 Å². The molecule has 162 valence electrons. The Morgan fingerprint density at radius 3 is 2.53 bits per heavy atom. The maximum atomic E-state index is 12.8. The molecule has 0 atom stereocenters. The number of nitrogens with zero attached hydrogens (tertiary/aromatic N) is 1. The second-order valence-electron chi connectivity index (χ2n) is 7.09. The third-order valence-corrected chi connectivity index (χ3v) is 6.96. The predicted octanol–water partition coefficient (Wildman–Crippen LogP) is 2.55. The Kier molecular flexibility index (Phi) is 6.18. The normalized spacial score (nSPS) is 14.6. The lowest BCUT2D eigenvalue weighted by Crippen LogP contribution is -2.28. The standard InChI is InChI=1S/C20H25N3O6S/c1-4-29-20(26)17-12(2)18(21-13(17)3)19(25)22-15-11-14(7-8-16(15)24)30(27,28)23-9-5-6-10-23/h7-8,11,21,24H,4-6,9-10H2,1-3H3,(H,22,25). The van der Waals surface area contributed by atoms with E-state index in [1.54, 1.807) is 20.8 Å². The van der Waals surface area contributed by atoms with E-state index in [-0.39, 0.29) is 34.2 Å². The highest BCUT2D eigenvalue weighted by atomic mass is 32.2. The zero-order valence-corrected chi connectivity index (χ0v) is 17.9. The number of hydrogen-bond acceptors (Lipinski definition) is 6. The summed E-state index contributed by atoms with van der Waals surface area (Å²) in [4.78, 5) is 27.8. The van der Waals surface area contributed by atoms with E-state index < -0.39 is 21.9 Å².